The van der Waals surface area contributed by atoms with Gasteiger partial charge in [-0.3, -0.25) is 14.4 Å². The summed E-state index contributed by atoms with van der Waals surface area (Å²) in [6.45, 7) is -0.282. The first kappa shape index (κ1) is 20.6. The Balaban J connectivity index is 1.45. The van der Waals surface area contributed by atoms with Crippen molar-refractivity contribution in [3.8, 4) is 5.75 Å². The molecule has 10 heteroatoms. The molecule has 0 unspecified atom stereocenters. The van der Waals surface area contributed by atoms with Crippen molar-refractivity contribution in [1.82, 2.24) is 14.8 Å². The summed E-state index contributed by atoms with van der Waals surface area (Å²) in [4.78, 5) is 40.1. The summed E-state index contributed by atoms with van der Waals surface area (Å²) in [6, 6.07) is 0.991. The summed E-state index contributed by atoms with van der Waals surface area (Å²) in [7, 11) is 0. The molecule has 1 saturated carbocycles. The average molecular weight is 447 g/mol. The van der Waals surface area contributed by atoms with Crippen molar-refractivity contribution >= 4 is 11.8 Å². The van der Waals surface area contributed by atoms with Crippen LogP contribution in [0.5, 0.6) is 5.75 Å². The van der Waals surface area contributed by atoms with Crippen LogP contribution in [0.4, 0.5) is 13.2 Å². The number of fused-ring (bicyclic) bond motifs is 3. The molecule has 2 amide bonds. The topological polar surface area (TPSA) is 91.6 Å². The van der Waals surface area contributed by atoms with Crippen molar-refractivity contribution in [1.29, 1.82) is 0 Å². The first-order valence-corrected chi connectivity index (χ1v) is 10.5. The van der Waals surface area contributed by atoms with E-state index in [9.17, 15) is 32.7 Å². The normalized spacial score (nSPS) is 23.7. The molecule has 3 aliphatic heterocycles. The summed E-state index contributed by atoms with van der Waals surface area (Å²) >= 11 is 0. The first-order chi connectivity index (χ1) is 15.3. The Hall–Kier alpha value is -3.30. The molecule has 32 heavy (non-hydrogen) atoms. The molecule has 3 fully saturated rings. The van der Waals surface area contributed by atoms with Crippen molar-refractivity contribution in [2.75, 3.05) is 0 Å². The Morgan fingerprint density at radius 1 is 1.09 bits per heavy atom. The highest BCUT2D eigenvalue weighted by Gasteiger charge is 2.48. The highest BCUT2D eigenvalue weighted by Crippen LogP contribution is 2.43. The third-order valence-electron chi connectivity index (χ3n) is 6.89. The molecule has 2 N–H and O–H groups in total. The maximum Gasteiger partial charge on any atom is 0.275 e. The van der Waals surface area contributed by atoms with Crippen LogP contribution in [0.3, 0.4) is 0 Å². The van der Waals surface area contributed by atoms with Crippen molar-refractivity contribution < 1.29 is 27.9 Å². The van der Waals surface area contributed by atoms with Crippen molar-refractivity contribution in [2.24, 2.45) is 5.92 Å². The fourth-order valence-electron chi connectivity index (χ4n) is 5.32. The smallest absolute Gasteiger partial charge is 0.275 e. The van der Waals surface area contributed by atoms with Gasteiger partial charge in [0.05, 0.1) is 6.04 Å². The molecule has 2 saturated heterocycles. The molecule has 6 rings (SSSR count). The van der Waals surface area contributed by atoms with Gasteiger partial charge in [0.2, 0.25) is 5.43 Å². The molecule has 168 valence electrons. The fraction of sp³-hybridized carbons (Fsp3) is 0.409. The summed E-state index contributed by atoms with van der Waals surface area (Å²) in [5.74, 6) is -5.33. The Morgan fingerprint density at radius 3 is 2.41 bits per heavy atom. The van der Waals surface area contributed by atoms with Gasteiger partial charge < -0.3 is 19.9 Å². The van der Waals surface area contributed by atoms with E-state index in [1.165, 1.54) is 10.8 Å². The number of hydrogen-bond donors (Lipinski definition) is 2. The minimum atomic E-state index is -1.18. The Bertz CT molecular complexity index is 1180. The van der Waals surface area contributed by atoms with E-state index in [4.69, 9.17) is 0 Å². The molecule has 1 aliphatic carbocycles. The number of carbonyl (C=O) groups excluding carboxylic acids is 2. The number of aromatic hydroxyl groups is 1. The molecule has 1 aromatic carbocycles. The van der Waals surface area contributed by atoms with Gasteiger partial charge in [-0.15, -0.1) is 0 Å². The van der Waals surface area contributed by atoms with Crippen molar-refractivity contribution in [3.63, 3.8) is 0 Å². The molecule has 2 aromatic rings. The van der Waals surface area contributed by atoms with Crippen LogP contribution < -0.4 is 10.7 Å². The molecule has 4 aliphatic rings. The van der Waals surface area contributed by atoms with Crippen LogP contribution in [0, 0.1) is 23.4 Å². The molecule has 4 heterocycles. The quantitative estimate of drug-likeness (QED) is 0.756. The number of piperidine rings is 2. The summed E-state index contributed by atoms with van der Waals surface area (Å²) < 4.78 is 42.1. The molecular formula is C22H20F3N3O4. The van der Waals surface area contributed by atoms with Crippen LogP contribution in [0.15, 0.2) is 23.1 Å². The minimum absolute atomic E-state index is 0.0669. The summed E-state index contributed by atoms with van der Waals surface area (Å²) in [6.07, 6.45) is 5.01. The standard InChI is InChI=1S/C22H20F3N3O4/c23-11-5-15(24)13(16(25)6-11)7-26-21(31)14-8-27-9-17-10-1-3-12(4-2-10)28(17)22(32)18(27)20(30)19(14)29/h5-6,8,10,12,17,30H,1-4,7,9H2,(H,26,31)/t10-,12+,17-/m0/s1. The Labute approximate surface area is 180 Å². The second kappa shape index (κ2) is 7.39. The van der Waals surface area contributed by atoms with Crippen LogP contribution in [-0.2, 0) is 13.1 Å². The number of amides is 2. The number of pyridine rings is 1. The lowest BCUT2D eigenvalue weighted by atomic mass is 9.73. The van der Waals surface area contributed by atoms with E-state index in [1.54, 1.807) is 4.90 Å². The Morgan fingerprint density at radius 2 is 1.75 bits per heavy atom. The van der Waals surface area contributed by atoms with Crippen molar-refractivity contribution in [2.45, 2.75) is 50.9 Å². The lowest BCUT2D eigenvalue weighted by molar-refractivity contribution is -0.0181. The second-order valence-electron chi connectivity index (χ2n) is 8.60. The largest absolute Gasteiger partial charge is 0.503 e. The molecule has 0 spiro atoms. The lowest BCUT2D eigenvalue weighted by Crippen LogP contribution is -2.61. The second-order valence-corrected chi connectivity index (χ2v) is 8.60. The third-order valence-corrected chi connectivity index (χ3v) is 6.89. The number of rotatable bonds is 3. The number of nitrogens with zero attached hydrogens (tertiary/aromatic N) is 2. The predicted molar refractivity (Wildman–Crippen MR) is 106 cm³/mol. The van der Waals surface area contributed by atoms with Crippen LogP contribution in [0.2, 0.25) is 0 Å². The maximum absolute atomic E-state index is 13.8. The van der Waals surface area contributed by atoms with Crippen LogP contribution >= 0.6 is 0 Å². The van der Waals surface area contributed by atoms with E-state index >= 15 is 0 Å². The predicted octanol–water partition coefficient (Wildman–Crippen LogP) is 2.30. The van der Waals surface area contributed by atoms with Gasteiger partial charge in [0, 0.05) is 43.0 Å². The molecule has 1 aromatic heterocycles. The van der Waals surface area contributed by atoms with E-state index in [0.717, 1.165) is 25.7 Å². The Kier molecular flexibility index (Phi) is 4.75. The number of aromatic nitrogens is 1. The lowest BCUT2D eigenvalue weighted by Gasteiger charge is -2.53. The highest BCUT2D eigenvalue weighted by molar-refractivity contribution is 5.99. The zero-order valence-electron chi connectivity index (χ0n) is 16.9. The van der Waals surface area contributed by atoms with Gasteiger partial charge in [-0.1, -0.05) is 0 Å². The van der Waals surface area contributed by atoms with Gasteiger partial charge in [-0.05, 0) is 31.6 Å². The van der Waals surface area contributed by atoms with Crippen LogP contribution in [0.1, 0.15) is 52.1 Å². The van der Waals surface area contributed by atoms with E-state index in [2.05, 4.69) is 5.32 Å². The van der Waals surface area contributed by atoms with Gasteiger partial charge in [0.1, 0.15) is 23.0 Å². The van der Waals surface area contributed by atoms with Gasteiger partial charge in [-0.2, -0.15) is 0 Å². The average Bonchev–Trinajstić information content (AvgIpc) is 2.75. The van der Waals surface area contributed by atoms with Gasteiger partial charge in [0.25, 0.3) is 11.8 Å². The first-order valence-electron chi connectivity index (χ1n) is 10.5. The SMILES string of the molecule is O=C(NCc1c(F)cc(F)cc1F)c1cn2c(c(O)c1=O)C(=O)N1[C@H]3CC[C@H](CC3)[C@@H]1C2. The van der Waals surface area contributed by atoms with Crippen LogP contribution in [-0.4, -0.2) is 38.5 Å². The molecule has 0 radical (unpaired) electrons. The van der Waals surface area contributed by atoms with E-state index < -0.39 is 58.1 Å². The van der Waals surface area contributed by atoms with Crippen molar-refractivity contribution in [3.05, 3.63) is 62.8 Å². The monoisotopic (exact) mass is 447 g/mol. The zero-order chi connectivity index (χ0) is 22.7. The number of hydrogen-bond acceptors (Lipinski definition) is 4. The maximum atomic E-state index is 13.8. The number of carbonyl (C=O) groups is 2. The van der Waals surface area contributed by atoms with E-state index in [0.29, 0.717) is 24.6 Å². The molecular weight excluding hydrogens is 427 g/mol. The molecule has 1 atom stereocenters. The third kappa shape index (κ3) is 3.08. The highest BCUT2D eigenvalue weighted by atomic mass is 19.1. The fourth-order valence-corrected chi connectivity index (χ4v) is 5.32. The van der Waals surface area contributed by atoms with Gasteiger partial charge in [0.15, 0.2) is 11.4 Å². The van der Waals surface area contributed by atoms with Gasteiger partial charge >= 0.3 is 0 Å². The summed E-state index contributed by atoms with van der Waals surface area (Å²) in [5.41, 5.74) is -2.20. The summed E-state index contributed by atoms with van der Waals surface area (Å²) in [5, 5.41) is 12.7. The minimum Gasteiger partial charge on any atom is -0.503 e. The number of benzene rings is 1. The van der Waals surface area contributed by atoms with Gasteiger partial charge in [-0.25, -0.2) is 13.2 Å². The number of nitrogens with one attached hydrogen (secondary N) is 1. The van der Waals surface area contributed by atoms with E-state index in [1.807, 2.05) is 0 Å². The molecule has 7 nitrogen and oxygen atoms in total. The van der Waals surface area contributed by atoms with Crippen LogP contribution in [0.25, 0.3) is 0 Å². The molecule has 2 bridgehead atoms. The number of halogens is 3. The van der Waals surface area contributed by atoms with E-state index in [-0.39, 0.29) is 17.8 Å². The zero-order valence-corrected chi connectivity index (χ0v) is 16.9.